The van der Waals surface area contributed by atoms with Crippen LogP contribution in [0.2, 0.25) is 0 Å². The van der Waals surface area contributed by atoms with Gasteiger partial charge in [0, 0.05) is 36.3 Å². The Balaban J connectivity index is 1.76. The molecule has 3 rings (SSSR count). The number of nitrogens with zero attached hydrogens (tertiary/aromatic N) is 1. The van der Waals surface area contributed by atoms with Crippen LogP contribution >= 0.6 is 0 Å². The summed E-state index contributed by atoms with van der Waals surface area (Å²) >= 11 is 0. The number of anilines is 1. The minimum absolute atomic E-state index is 0.0117. The molecule has 0 saturated heterocycles. The molecule has 0 bridgehead atoms. The van der Waals surface area contributed by atoms with Gasteiger partial charge in [-0.05, 0) is 29.2 Å². The third-order valence-electron chi connectivity index (χ3n) is 5.61. The number of rotatable bonds is 9. The van der Waals surface area contributed by atoms with Crippen molar-refractivity contribution in [1.82, 2.24) is 20.6 Å². The number of fused-ring (bicyclic) bond motifs is 1. The number of nitrogens with one attached hydrogen (secondary N) is 3. The third-order valence-corrected chi connectivity index (χ3v) is 5.61. The number of carbonyl (C=O) groups excluding carboxylic acids is 2. The molecule has 31 heavy (non-hydrogen) atoms. The topological polar surface area (TPSA) is 139 Å². The number of para-hydroxylation sites is 1. The van der Waals surface area contributed by atoms with Crippen LogP contribution in [0.15, 0.2) is 48.8 Å². The first-order chi connectivity index (χ1) is 14.9. The summed E-state index contributed by atoms with van der Waals surface area (Å²) in [6.45, 7) is 4.19. The number of nitrogens with two attached hydrogens (primary N) is 2. The van der Waals surface area contributed by atoms with Gasteiger partial charge >= 0.3 is 0 Å². The highest BCUT2D eigenvalue weighted by atomic mass is 16.2. The molecule has 8 nitrogen and oxygen atoms in total. The van der Waals surface area contributed by atoms with Gasteiger partial charge in [-0.25, -0.2) is 4.98 Å². The Morgan fingerprint density at radius 3 is 2.65 bits per heavy atom. The van der Waals surface area contributed by atoms with Gasteiger partial charge in [-0.1, -0.05) is 44.5 Å². The zero-order valence-corrected chi connectivity index (χ0v) is 17.9. The summed E-state index contributed by atoms with van der Waals surface area (Å²) in [5.41, 5.74) is 14.4. The number of amides is 2. The van der Waals surface area contributed by atoms with Gasteiger partial charge in [0.2, 0.25) is 11.8 Å². The highest BCUT2D eigenvalue weighted by Crippen LogP contribution is 2.19. The number of benzene rings is 1. The monoisotopic (exact) mass is 422 g/mol. The molecule has 3 atom stereocenters. The van der Waals surface area contributed by atoms with Crippen molar-refractivity contribution in [1.29, 1.82) is 0 Å². The Bertz CT molecular complexity index is 1030. The molecule has 0 saturated carbocycles. The van der Waals surface area contributed by atoms with Crippen molar-refractivity contribution in [2.24, 2.45) is 11.7 Å². The number of H-pyrrole nitrogens is 1. The predicted octanol–water partition coefficient (Wildman–Crippen LogP) is 1.86. The molecule has 2 amide bonds. The van der Waals surface area contributed by atoms with E-state index in [9.17, 15) is 9.59 Å². The van der Waals surface area contributed by atoms with Crippen molar-refractivity contribution in [3.63, 3.8) is 0 Å². The van der Waals surface area contributed by atoms with E-state index in [1.807, 2.05) is 44.3 Å². The Labute approximate surface area is 181 Å². The van der Waals surface area contributed by atoms with Crippen LogP contribution in [0.3, 0.4) is 0 Å². The fourth-order valence-corrected chi connectivity index (χ4v) is 3.36. The molecule has 0 spiro atoms. The van der Waals surface area contributed by atoms with Gasteiger partial charge < -0.3 is 27.1 Å². The quantitative estimate of drug-likeness (QED) is 0.358. The maximum Gasteiger partial charge on any atom is 0.243 e. The molecule has 7 N–H and O–H groups in total. The van der Waals surface area contributed by atoms with Crippen LogP contribution in [0.1, 0.15) is 31.4 Å². The number of aromatic nitrogens is 2. The lowest BCUT2D eigenvalue weighted by molar-refractivity contribution is -0.130. The average Bonchev–Trinajstić information content (AvgIpc) is 3.19. The van der Waals surface area contributed by atoms with E-state index < -0.39 is 12.1 Å². The molecule has 0 aliphatic carbocycles. The van der Waals surface area contributed by atoms with Gasteiger partial charge in [0.15, 0.2) is 0 Å². The van der Waals surface area contributed by atoms with Crippen molar-refractivity contribution >= 4 is 28.5 Å². The maximum atomic E-state index is 13.0. The van der Waals surface area contributed by atoms with Crippen LogP contribution in [0.5, 0.6) is 0 Å². The number of aromatic amines is 1. The lowest BCUT2D eigenvalue weighted by Crippen LogP contribution is -2.53. The number of pyridine rings is 1. The van der Waals surface area contributed by atoms with Gasteiger partial charge in [-0.2, -0.15) is 0 Å². The Kier molecular flexibility index (Phi) is 7.25. The number of hydrogen-bond donors (Lipinski definition) is 5. The van der Waals surface area contributed by atoms with Crippen molar-refractivity contribution < 1.29 is 9.59 Å². The molecular weight excluding hydrogens is 392 g/mol. The Morgan fingerprint density at radius 2 is 1.94 bits per heavy atom. The summed E-state index contributed by atoms with van der Waals surface area (Å²) in [5, 5.41) is 6.75. The van der Waals surface area contributed by atoms with Crippen molar-refractivity contribution in [3.8, 4) is 0 Å². The summed E-state index contributed by atoms with van der Waals surface area (Å²) in [7, 11) is 0. The summed E-state index contributed by atoms with van der Waals surface area (Å²) in [4.78, 5) is 33.0. The molecule has 1 aromatic carbocycles. The highest BCUT2D eigenvalue weighted by Gasteiger charge is 2.27. The normalized spacial score (nSPS) is 14.0. The number of nitrogen functional groups attached to an aromatic ring is 1. The first-order valence-electron chi connectivity index (χ1n) is 10.5. The van der Waals surface area contributed by atoms with E-state index in [2.05, 4.69) is 20.6 Å². The number of hydrogen-bond acceptors (Lipinski definition) is 5. The van der Waals surface area contributed by atoms with Crippen LogP contribution in [0.4, 0.5) is 5.82 Å². The van der Waals surface area contributed by atoms with Crippen molar-refractivity contribution in [2.45, 2.75) is 45.3 Å². The van der Waals surface area contributed by atoms with Gasteiger partial charge in [0.25, 0.3) is 0 Å². The largest absolute Gasteiger partial charge is 0.384 e. The third kappa shape index (κ3) is 5.61. The molecule has 2 aromatic heterocycles. The van der Waals surface area contributed by atoms with E-state index in [0.717, 1.165) is 28.5 Å². The molecule has 0 aliphatic heterocycles. The van der Waals surface area contributed by atoms with Crippen LogP contribution < -0.4 is 22.1 Å². The number of carbonyl (C=O) groups is 2. The van der Waals surface area contributed by atoms with E-state index in [-0.39, 0.29) is 24.3 Å². The SMILES string of the molecule is CCC(C)C(N)C(=O)N[C@H](Cc1c[nH]c2ccccc12)C(=O)NCc1ccc(N)nc1. The summed E-state index contributed by atoms with van der Waals surface area (Å²) < 4.78 is 0. The van der Waals surface area contributed by atoms with Crippen LogP contribution in [0, 0.1) is 5.92 Å². The summed E-state index contributed by atoms with van der Waals surface area (Å²) in [6.07, 6.45) is 4.60. The average molecular weight is 423 g/mol. The molecule has 3 aromatic rings. The summed E-state index contributed by atoms with van der Waals surface area (Å²) in [5.74, 6) is -0.188. The second-order valence-corrected chi connectivity index (χ2v) is 7.85. The van der Waals surface area contributed by atoms with Gasteiger partial charge in [-0.3, -0.25) is 9.59 Å². The van der Waals surface area contributed by atoms with Crippen molar-refractivity contribution in [2.75, 3.05) is 5.73 Å². The minimum atomic E-state index is -0.761. The molecule has 164 valence electrons. The molecule has 8 heteroatoms. The second kappa shape index (κ2) is 10.1. The molecule has 2 unspecified atom stereocenters. The Morgan fingerprint density at radius 1 is 1.16 bits per heavy atom. The molecule has 2 heterocycles. The lowest BCUT2D eigenvalue weighted by atomic mass is 9.98. The summed E-state index contributed by atoms with van der Waals surface area (Å²) in [6, 6.07) is 9.89. The standard InChI is InChI=1S/C23H30N6O2/c1-3-14(2)21(25)23(31)29-19(10-16-13-26-18-7-5-4-6-17(16)18)22(30)28-12-15-8-9-20(24)27-11-15/h4-9,11,13-14,19,21,26H,3,10,12,25H2,1-2H3,(H2,24,27)(H,28,30)(H,29,31)/t14?,19-,21?/m1/s1. The van der Waals surface area contributed by atoms with E-state index in [0.29, 0.717) is 12.2 Å². The highest BCUT2D eigenvalue weighted by molar-refractivity contribution is 5.91. The Hall–Kier alpha value is -3.39. The van der Waals surface area contributed by atoms with Gasteiger partial charge in [0.1, 0.15) is 11.9 Å². The lowest BCUT2D eigenvalue weighted by Gasteiger charge is -2.23. The first-order valence-corrected chi connectivity index (χ1v) is 10.5. The van der Waals surface area contributed by atoms with E-state index in [4.69, 9.17) is 11.5 Å². The molecule has 0 radical (unpaired) electrons. The zero-order valence-electron chi connectivity index (χ0n) is 17.9. The fraction of sp³-hybridized carbons (Fsp3) is 0.348. The van der Waals surface area contributed by atoms with Crippen LogP contribution in [-0.2, 0) is 22.6 Å². The van der Waals surface area contributed by atoms with E-state index >= 15 is 0 Å². The zero-order chi connectivity index (χ0) is 22.4. The molecule has 0 aliphatic rings. The first kappa shape index (κ1) is 22.3. The van der Waals surface area contributed by atoms with Gasteiger partial charge in [0.05, 0.1) is 6.04 Å². The van der Waals surface area contributed by atoms with Gasteiger partial charge in [-0.15, -0.1) is 0 Å². The van der Waals surface area contributed by atoms with E-state index in [1.165, 1.54) is 0 Å². The second-order valence-electron chi connectivity index (χ2n) is 7.85. The predicted molar refractivity (Wildman–Crippen MR) is 122 cm³/mol. The minimum Gasteiger partial charge on any atom is -0.384 e. The molecular formula is C23H30N6O2. The smallest absolute Gasteiger partial charge is 0.243 e. The molecule has 0 fully saturated rings. The fourth-order valence-electron chi connectivity index (χ4n) is 3.36. The maximum absolute atomic E-state index is 13.0. The van der Waals surface area contributed by atoms with Crippen LogP contribution in [-0.4, -0.2) is 33.9 Å². The van der Waals surface area contributed by atoms with E-state index in [1.54, 1.807) is 18.3 Å². The van der Waals surface area contributed by atoms with Crippen molar-refractivity contribution in [3.05, 3.63) is 59.9 Å². The van der Waals surface area contributed by atoms with Crippen LogP contribution in [0.25, 0.3) is 10.9 Å².